The lowest BCUT2D eigenvalue weighted by atomic mass is 10.1. The summed E-state index contributed by atoms with van der Waals surface area (Å²) >= 11 is 0. The molecule has 0 fully saturated rings. The van der Waals surface area contributed by atoms with Crippen LogP contribution in [0.15, 0.2) is 72.9 Å². The highest BCUT2D eigenvalue weighted by Crippen LogP contribution is 2.15. The van der Waals surface area contributed by atoms with Crippen molar-refractivity contribution in [3.63, 3.8) is 0 Å². The summed E-state index contributed by atoms with van der Waals surface area (Å²) in [6, 6.07) is 0. The van der Waals surface area contributed by atoms with E-state index >= 15 is 0 Å². The van der Waals surface area contributed by atoms with Crippen LogP contribution in [-0.2, 0) is 28.6 Å². The minimum absolute atomic E-state index is 0.0867. The first-order chi connectivity index (χ1) is 34.0. The van der Waals surface area contributed by atoms with Gasteiger partial charge in [-0.25, -0.2) is 0 Å². The van der Waals surface area contributed by atoms with Crippen molar-refractivity contribution < 1.29 is 28.6 Å². The Bertz CT molecular complexity index is 1290. The number of allylic oxidation sites excluding steroid dienone is 12. The minimum Gasteiger partial charge on any atom is -0.462 e. The Kier molecular flexibility index (Phi) is 54.8. The second-order valence-corrected chi connectivity index (χ2v) is 19.5. The highest BCUT2D eigenvalue weighted by molar-refractivity contribution is 5.71. The van der Waals surface area contributed by atoms with Gasteiger partial charge in [-0.05, 0) is 116 Å². The molecule has 0 aliphatic rings. The first-order valence-corrected chi connectivity index (χ1v) is 29.4. The smallest absolute Gasteiger partial charge is 0.306 e. The zero-order valence-electron chi connectivity index (χ0n) is 45.6. The van der Waals surface area contributed by atoms with Gasteiger partial charge in [-0.15, -0.1) is 0 Å². The summed E-state index contributed by atoms with van der Waals surface area (Å²) in [6.45, 7) is 6.58. The normalized spacial score (nSPS) is 12.6. The molecule has 0 rings (SSSR count). The highest BCUT2D eigenvalue weighted by Gasteiger charge is 2.19. The van der Waals surface area contributed by atoms with Crippen molar-refractivity contribution in [3.8, 4) is 0 Å². The van der Waals surface area contributed by atoms with E-state index in [9.17, 15) is 14.4 Å². The lowest BCUT2D eigenvalue weighted by Crippen LogP contribution is -2.30. The maximum absolute atomic E-state index is 12.9. The van der Waals surface area contributed by atoms with Crippen molar-refractivity contribution in [2.45, 2.75) is 297 Å². The average Bonchev–Trinajstić information content (AvgIpc) is 3.35. The predicted molar refractivity (Wildman–Crippen MR) is 298 cm³/mol. The van der Waals surface area contributed by atoms with Crippen molar-refractivity contribution in [2.24, 2.45) is 0 Å². The van der Waals surface area contributed by atoms with Crippen molar-refractivity contribution in [3.05, 3.63) is 72.9 Å². The topological polar surface area (TPSA) is 78.9 Å². The van der Waals surface area contributed by atoms with Crippen molar-refractivity contribution >= 4 is 17.9 Å². The molecule has 0 saturated carbocycles. The third kappa shape index (κ3) is 55.6. The number of carbonyl (C=O) groups is 3. The number of rotatable bonds is 53. The fourth-order valence-electron chi connectivity index (χ4n) is 8.18. The van der Waals surface area contributed by atoms with Crippen LogP contribution in [0.4, 0.5) is 0 Å². The van der Waals surface area contributed by atoms with Gasteiger partial charge in [0.15, 0.2) is 6.10 Å². The molecule has 6 nitrogen and oxygen atoms in total. The monoisotopic (exact) mass is 963 g/mol. The molecule has 6 heteroatoms. The molecule has 0 radical (unpaired) electrons. The number of esters is 3. The Morgan fingerprint density at radius 3 is 0.855 bits per heavy atom. The van der Waals surface area contributed by atoms with E-state index in [0.29, 0.717) is 19.3 Å². The van der Waals surface area contributed by atoms with Crippen LogP contribution in [0.25, 0.3) is 0 Å². The van der Waals surface area contributed by atoms with Crippen LogP contribution in [0.3, 0.4) is 0 Å². The second-order valence-electron chi connectivity index (χ2n) is 19.5. The van der Waals surface area contributed by atoms with Gasteiger partial charge in [-0.3, -0.25) is 14.4 Å². The summed E-state index contributed by atoms with van der Waals surface area (Å²) in [5.74, 6) is -0.906. The van der Waals surface area contributed by atoms with E-state index in [2.05, 4.69) is 93.7 Å². The molecule has 0 amide bonds. The van der Waals surface area contributed by atoms with Crippen LogP contribution in [0.5, 0.6) is 0 Å². The molecule has 0 bridgehead atoms. The lowest BCUT2D eigenvalue weighted by Gasteiger charge is -2.18. The molecule has 0 spiro atoms. The number of ether oxygens (including phenoxy) is 3. The Labute approximate surface area is 427 Å². The summed E-state index contributed by atoms with van der Waals surface area (Å²) in [4.78, 5) is 38.2. The fourth-order valence-corrected chi connectivity index (χ4v) is 8.18. The van der Waals surface area contributed by atoms with Gasteiger partial charge >= 0.3 is 17.9 Å². The zero-order chi connectivity index (χ0) is 50.0. The standard InChI is InChI=1S/C63H110O6/c1-4-7-10-13-16-19-22-25-28-30-31-33-35-38-41-44-47-50-53-56-62(65)68-59-60(58-67-61(64)55-52-49-46-43-40-37-34-27-24-21-18-15-12-9-6-3)69-63(66)57-54-51-48-45-42-39-36-32-29-26-23-20-17-14-11-8-5-2/h16-17,19-20,25-29,31,33-34,60H,4-15,18,21-24,30,32,35-59H2,1-3H3/b19-16-,20-17-,28-25-,29-26-,33-31-,34-27-. The molecule has 0 aliphatic heterocycles. The van der Waals surface area contributed by atoms with Crippen LogP contribution in [0, 0.1) is 0 Å². The Hall–Kier alpha value is -3.15. The first-order valence-electron chi connectivity index (χ1n) is 29.4. The first kappa shape index (κ1) is 65.8. The van der Waals surface area contributed by atoms with Crippen molar-refractivity contribution in [2.75, 3.05) is 13.2 Å². The number of hydrogen-bond donors (Lipinski definition) is 0. The van der Waals surface area contributed by atoms with Crippen LogP contribution >= 0.6 is 0 Å². The third-order valence-corrected chi connectivity index (χ3v) is 12.7. The molecule has 0 aliphatic carbocycles. The summed E-state index contributed by atoms with van der Waals surface area (Å²) in [6.07, 6.45) is 73.1. The van der Waals surface area contributed by atoms with E-state index in [-0.39, 0.29) is 31.1 Å². The van der Waals surface area contributed by atoms with E-state index in [1.165, 1.54) is 154 Å². The zero-order valence-corrected chi connectivity index (χ0v) is 45.6. The lowest BCUT2D eigenvalue weighted by molar-refractivity contribution is -0.167. The summed E-state index contributed by atoms with van der Waals surface area (Å²) < 4.78 is 16.9. The molecule has 0 saturated heterocycles. The number of unbranched alkanes of at least 4 members (excludes halogenated alkanes) is 30. The predicted octanol–water partition coefficient (Wildman–Crippen LogP) is 19.8. The molecule has 69 heavy (non-hydrogen) atoms. The summed E-state index contributed by atoms with van der Waals surface area (Å²) in [5, 5.41) is 0. The van der Waals surface area contributed by atoms with E-state index < -0.39 is 6.10 Å². The van der Waals surface area contributed by atoms with Crippen LogP contribution in [-0.4, -0.2) is 37.2 Å². The van der Waals surface area contributed by atoms with Gasteiger partial charge in [0.05, 0.1) is 0 Å². The summed E-state index contributed by atoms with van der Waals surface area (Å²) in [7, 11) is 0. The Morgan fingerprint density at radius 2 is 0.522 bits per heavy atom. The molecule has 0 heterocycles. The highest BCUT2D eigenvalue weighted by atomic mass is 16.6. The molecular weight excluding hydrogens is 853 g/mol. The number of carbonyl (C=O) groups excluding carboxylic acids is 3. The van der Waals surface area contributed by atoms with Crippen molar-refractivity contribution in [1.29, 1.82) is 0 Å². The maximum atomic E-state index is 12.9. The van der Waals surface area contributed by atoms with Crippen LogP contribution in [0.1, 0.15) is 290 Å². The summed E-state index contributed by atoms with van der Waals surface area (Å²) in [5.41, 5.74) is 0. The van der Waals surface area contributed by atoms with E-state index in [1.54, 1.807) is 0 Å². The maximum Gasteiger partial charge on any atom is 0.306 e. The Morgan fingerprint density at radius 1 is 0.290 bits per heavy atom. The van der Waals surface area contributed by atoms with Gasteiger partial charge in [0.25, 0.3) is 0 Å². The van der Waals surface area contributed by atoms with E-state index in [0.717, 1.165) is 96.3 Å². The van der Waals surface area contributed by atoms with E-state index in [1.807, 2.05) is 0 Å². The van der Waals surface area contributed by atoms with Gasteiger partial charge < -0.3 is 14.2 Å². The molecule has 1 unspecified atom stereocenters. The number of hydrogen-bond acceptors (Lipinski definition) is 6. The molecule has 0 aromatic rings. The average molecular weight is 964 g/mol. The minimum atomic E-state index is -0.789. The van der Waals surface area contributed by atoms with Gasteiger partial charge in [0.1, 0.15) is 13.2 Å². The molecule has 1 atom stereocenters. The third-order valence-electron chi connectivity index (χ3n) is 12.7. The second kappa shape index (κ2) is 57.4. The molecule has 0 N–H and O–H groups in total. The molecule has 0 aromatic carbocycles. The quantitative estimate of drug-likeness (QED) is 0.0262. The fraction of sp³-hybridized carbons (Fsp3) is 0.762. The molecular formula is C63H110O6. The Balaban J connectivity index is 4.42. The van der Waals surface area contributed by atoms with Gasteiger partial charge in [0.2, 0.25) is 0 Å². The molecule has 398 valence electrons. The van der Waals surface area contributed by atoms with Gasteiger partial charge in [0, 0.05) is 19.3 Å². The van der Waals surface area contributed by atoms with Crippen LogP contribution in [0.2, 0.25) is 0 Å². The van der Waals surface area contributed by atoms with E-state index in [4.69, 9.17) is 14.2 Å². The SMILES string of the molecule is CCCCC/C=C\C/C=C\C/C=C\CCCCCCCCC(=O)OCC(COC(=O)CCCCCCC/C=C\CCCCCCCC)OC(=O)CCCCCCCCC/C=C\C/C=C\CCCCC. The van der Waals surface area contributed by atoms with Crippen LogP contribution < -0.4 is 0 Å². The van der Waals surface area contributed by atoms with Gasteiger partial charge in [-0.1, -0.05) is 229 Å². The molecule has 0 aromatic heterocycles. The van der Waals surface area contributed by atoms with Gasteiger partial charge in [-0.2, -0.15) is 0 Å². The van der Waals surface area contributed by atoms with Crippen molar-refractivity contribution in [1.82, 2.24) is 0 Å². The largest absolute Gasteiger partial charge is 0.462 e.